The van der Waals surface area contributed by atoms with Crippen molar-refractivity contribution in [1.82, 2.24) is 9.80 Å². The number of amides is 3. The highest BCUT2D eigenvalue weighted by atomic mass is 16.6. The number of piperidine rings is 1. The number of carbonyl (C=O) groups excluding carboxylic acids is 3. The number of hydrogen-bond acceptors (Lipinski definition) is 5. The van der Waals surface area contributed by atoms with Gasteiger partial charge in [-0.05, 0) is 64.9 Å². The molecule has 3 amide bonds. The van der Waals surface area contributed by atoms with Crippen LogP contribution in [0, 0.1) is 5.92 Å². The first-order chi connectivity index (χ1) is 16.0. The summed E-state index contributed by atoms with van der Waals surface area (Å²) in [7, 11) is 0. The van der Waals surface area contributed by atoms with Crippen LogP contribution in [0.1, 0.15) is 65.4 Å². The molecule has 186 valence electrons. The number of benzene rings is 1. The van der Waals surface area contributed by atoms with Crippen LogP contribution in [0.3, 0.4) is 0 Å². The van der Waals surface area contributed by atoms with Crippen molar-refractivity contribution in [2.24, 2.45) is 5.92 Å². The number of hydrogen-bond donors (Lipinski definition) is 0. The van der Waals surface area contributed by atoms with Gasteiger partial charge in [-0.1, -0.05) is 42.5 Å². The predicted molar refractivity (Wildman–Crippen MR) is 130 cm³/mol. The zero-order valence-electron chi connectivity index (χ0n) is 21.0. The molecule has 34 heavy (non-hydrogen) atoms. The van der Waals surface area contributed by atoms with Crippen LogP contribution in [0.2, 0.25) is 0 Å². The van der Waals surface area contributed by atoms with E-state index in [0.717, 1.165) is 30.4 Å². The zero-order chi connectivity index (χ0) is 24.9. The van der Waals surface area contributed by atoms with Crippen LogP contribution in [0.5, 0.6) is 0 Å². The summed E-state index contributed by atoms with van der Waals surface area (Å²) in [6, 6.07) is 9.80. The molecule has 0 spiro atoms. The van der Waals surface area contributed by atoms with Gasteiger partial charge < -0.3 is 14.4 Å². The van der Waals surface area contributed by atoms with E-state index in [-0.39, 0.29) is 25.0 Å². The molecule has 2 aliphatic rings. The Morgan fingerprint density at radius 3 is 2.41 bits per heavy atom. The largest absolute Gasteiger partial charge is 0.446 e. The average molecular weight is 471 g/mol. The molecule has 7 nitrogen and oxygen atoms in total. The highest BCUT2D eigenvalue weighted by molar-refractivity contribution is 5.95. The second kappa shape index (κ2) is 10.6. The third kappa shape index (κ3) is 6.19. The smallest absolute Gasteiger partial charge is 0.417 e. The van der Waals surface area contributed by atoms with Crippen LogP contribution in [0.15, 0.2) is 42.5 Å². The van der Waals surface area contributed by atoms with Gasteiger partial charge in [-0.25, -0.2) is 14.5 Å². The Morgan fingerprint density at radius 2 is 1.82 bits per heavy atom. The number of imide groups is 1. The fraction of sp³-hybridized carbons (Fsp3) is 0.593. The number of nitrogens with zero attached hydrogens (tertiary/aromatic N) is 2. The summed E-state index contributed by atoms with van der Waals surface area (Å²) in [4.78, 5) is 41.1. The summed E-state index contributed by atoms with van der Waals surface area (Å²) in [5, 5.41) is 0. The number of cyclic esters (lactones) is 1. The van der Waals surface area contributed by atoms with Crippen molar-refractivity contribution >= 4 is 18.1 Å². The second-order valence-electron chi connectivity index (χ2n) is 10.6. The van der Waals surface area contributed by atoms with Crippen LogP contribution in [0.4, 0.5) is 9.59 Å². The van der Waals surface area contributed by atoms with E-state index in [2.05, 4.69) is 6.58 Å². The van der Waals surface area contributed by atoms with E-state index in [9.17, 15) is 14.4 Å². The molecule has 1 atom stereocenters. The Kier molecular flexibility index (Phi) is 8.05. The van der Waals surface area contributed by atoms with Crippen molar-refractivity contribution in [3.8, 4) is 0 Å². The summed E-state index contributed by atoms with van der Waals surface area (Å²) < 4.78 is 10.8. The normalized spacial score (nSPS) is 21.4. The van der Waals surface area contributed by atoms with Crippen molar-refractivity contribution in [2.75, 3.05) is 19.7 Å². The Labute approximate surface area is 203 Å². The first kappa shape index (κ1) is 25.8. The molecule has 0 aromatic heterocycles. The first-order valence-electron chi connectivity index (χ1n) is 12.2. The van der Waals surface area contributed by atoms with Gasteiger partial charge in [0.1, 0.15) is 17.7 Å². The van der Waals surface area contributed by atoms with Gasteiger partial charge in [0.2, 0.25) is 5.91 Å². The minimum absolute atomic E-state index is 0.130. The van der Waals surface area contributed by atoms with E-state index in [0.29, 0.717) is 31.8 Å². The molecule has 7 heteroatoms. The lowest BCUT2D eigenvalue weighted by atomic mass is 9.84. The average Bonchev–Trinajstić information content (AvgIpc) is 3.11. The molecular formula is C27H38N2O5. The molecule has 0 bridgehead atoms. The molecule has 2 heterocycles. The van der Waals surface area contributed by atoms with Gasteiger partial charge >= 0.3 is 12.2 Å². The molecular weight excluding hydrogens is 432 g/mol. The molecule has 0 N–H and O–H groups in total. The quantitative estimate of drug-likeness (QED) is 0.503. The Hall–Kier alpha value is -2.83. The lowest BCUT2D eigenvalue weighted by Crippen LogP contribution is -2.52. The van der Waals surface area contributed by atoms with E-state index in [1.54, 1.807) is 4.90 Å². The minimum atomic E-state index is -0.853. The summed E-state index contributed by atoms with van der Waals surface area (Å²) in [5.41, 5.74) is 0.419. The van der Waals surface area contributed by atoms with Crippen LogP contribution in [-0.2, 0) is 20.7 Å². The highest BCUT2D eigenvalue weighted by Gasteiger charge is 2.51. The van der Waals surface area contributed by atoms with Crippen LogP contribution in [-0.4, -0.2) is 58.7 Å². The van der Waals surface area contributed by atoms with Gasteiger partial charge in [0.15, 0.2) is 0 Å². The van der Waals surface area contributed by atoms with Crippen molar-refractivity contribution in [3.63, 3.8) is 0 Å². The molecule has 2 aliphatic heterocycles. The van der Waals surface area contributed by atoms with E-state index in [1.807, 2.05) is 58.0 Å². The SMILES string of the molecule is C=C(C)[C@]1(Cc2ccccc2)COC(=O)N1C(=O)CCCC1CCN(C(=O)OC(C)(C)C)CC1. The van der Waals surface area contributed by atoms with Crippen molar-refractivity contribution in [2.45, 2.75) is 77.4 Å². The van der Waals surface area contributed by atoms with Crippen molar-refractivity contribution in [1.29, 1.82) is 0 Å². The van der Waals surface area contributed by atoms with Gasteiger partial charge in [0, 0.05) is 25.9 Å². The number of ether oxygens (including phenoxy) is 2. The highest BCUT2D eigenvalue weighted by Crippen LogP contribution is 2.35. The lowest BCUT2D eigenvalue weighted by molar-refractivity contribution is -0.131. The zero-order valence-corrected chi connectivity index (χ0v) is 21.0. The van der Waals surface area contributed by atoms with E-state index < -0.39 is 17.2 Å². The molecule has 0 aliphatic carbocycles. The second-order valence-corrected chi connectivity index (χ2v) is 10.6. The van der Waals surface area contributed by atoms with Crippen LogP contribution < -0.4 is 0 Å². The van der Waals surface area contributed by atoms with E-state index in [1.165, 1.54) is 4.90 Å². The monoisotopic (exact) mass is 470 g/mol. The molecule has 1 aromatic carbocycles. The van der Waals surface area contributed by atoms with Gasteiger partial charge in [0.05, 0.1) is 0 Å². The number of rotatable bonds is 7. The Bertz CT molecular complexity index is 899. The van der Waals surface area contributed by atoms with Gasteiger partial charge in [-0.3, -0.25) is 4.79 Å². The van der Waals surface area contributed by atoms with Crippen LogP contribution >= 0.6 is 0 Å². The first-order valence-corrected chi connectivity index (χ1v) is 12.2. The Morgan fingerprint density at radius 1 is 1.18 bits per heavy atom. The topological polar surface area (TPSA) is 76.2 Å². The maximum absolute atomic E-state index is 13.2. The standard InChI is InChI=1S/C27H38N2O5/c1-20(2)27(18-22-10-7-6-8-11-22)19-33-25(32)29(27)23(30)13-9-12-21-14-16-28(17-15-21)24(31)34-26(3,4)5/h6-8,10-11,21H,1,9,12-19H2,2-5H3/t27-/m0/s1. The van der Waals surface area contributed by atoms with Gasteiger partial charge in [0.25, 0.3) is 0 Å². The summed E-state index contributed by atoms with van der Waals surface area (Å²) in [6.07, 6.45) is 3.28. The maximum atomic E-state index is 13.2. The molecule has 3 rings (SSSR count). The fourth-order valence-electron chi connectivity index (χ4n) is 4.74. The van der Waals surface area contributed by atoms with E-state index >= 15 is 0 Å². The summed E-state index contributed by atoms with van der Waals surface area (Å²) in [5.74, 6) is 0.236. The number of carbonyl (C=O) groups is 3. The molecule has 2 fully saturated rings. The Balaban J connectivity index is 1.53. The lowest BCUT2D eigenvalue weighted by Gasteiger charge is -2.35. The number of likely N-dealkylation sites (tertiary alicyclic amines) is 1. The van der Waals surface area contributed by atoms with Gasteiger partial charge in [-0.2, -0.15) is 0 Å². The third-order valence-electron chi connectivity index (χ3n) is 6.70. The molecule has 2 saturated heterocycles. The van der Waals surface area contributed by atoms with Crippen molar-refractivity contribution < 1.29 is 23.9 Å². The fourth-order valence-corrected chi connectivity index (χ4v) is 4.74. The predicted octanol–water partition coefficient (Wildman–Crippen LogP) is 5.34. The van der Waals surface area contributed by atoms with Gasteiger partial charge in [-0.15, -0.1) is 0 Å². The summed E-state index contributed by atoms with van der Waals surface area (Å²) in [6.45, 7) is 13.0. The van der Waals surface area contributed by atoms with Crippen LogP contribution in [0.25, 0.3) is 0 Å². The maximum Gasteiger partial charge on any atom is 0.417 e. The summed E-state index contributed by atoms with van der Waals surface area (Å²) >= 11 is 0. The molecule has 0 saturated carbocycles. The molecule has 1 aromatic rings. The van der Waals surface area contributed by atoms with Crippen molar-refractivity contribution in [3.05, 3.63) is 48.0 Å². The third-order valence-corrected chi connectivity index (χ3v) is 6.70. The molecule has 0 unspecified atom stereocenters. The van der Waals surface area contributed by atoms with E-state index in [4.69, 9.17) is 9.47 Å². The minimum Gasteiger partial charge on any atom is -0.446 e. The molecule has 0 radical (unpaired) electrons.